The SMILES string of the molecule is CC(/C=C/c1ccc(N(C)C)cc1)=N\N=C1NC(=O)C[C@@H](C(=O)Nc2ccc(Cl)cc2)S1. The van der Waals surface area contributed by atoms with E-state index in [-0.39, 0.29) is 18.2 Å². The van der Waals surface area contributed by atoms with Gasteiger partial charge in [-0.15, -0.1) is 5.10 Å². The molecule has 0 saturated carbocycles. The van der Waals surface area contributed by atoms with Crippen LogP contribution < -0.4 is 15.5 Å². The van der Waals surface area contributed by atoms with Gasteiger partial charge in [0.1, 0.15) is 5.25 Å². The van der Waals surface area contributed by atoms with E-state index >= 15 is 0 Å². The van der Waals surface area contributed by atoms with Gasteiger partial charge in [-0.25, -0.2) is 0 Å². The van der Waals surface area contributed by atoms with Crippen LogP contribution in [0, 0.1) is 0 Å². The lowest BCUT2D eigenvalue weighted by molar-refractivity contribution is -0.123. The van der Waals surface area contributed by atoms with Gasteiger partial charge in [0.15, 0.2) is 5.17 Å². The molecule has 3 rings (SSSR count). The average Bonchev–Trinajstić information content (AvgIpc) is 2.77. The predicted molar refractivity (Wildman–Crippen MR) is 135 cm³/mol. The lowest BCUT2D eigenvalue weighted by Crippen LogP contribution is -2.41. The molecule has 0 aliphatic carbocycles. The molecule has 1 saturated heterocycles. The van der Waals surface area contributed by atoms with Gasteiger partial charge in [0.2, 0.25) is 11.8 Å². The molecule has 1 heterocycles. The molecule has 0 unspecified atom stereocenters. The Hall–Kier alpha value is -3.10. The zero-order valence-electron chi connectivity index (χ0n) is 18.0. The molecule has 1 aliphatic rings. The highest BCUT2D eigenvalue weighted by molar-refractivity contribution is 8.15. The Morgan fingerprint density at radius 3 is 2.53 bits per heavy atom. The van der Waals surface area contributed by atoms with Crippen LogP contribution in [-0.2, 0) is 9.59 Å². The fourth-order valence-corrected chi connectivity index (χ4v) is 3.81. The van der Waals surface area contributed by atoms with E-state index in [0.29, 0.717) is 21.6 Å². The van der Waals surface area contributed by atoms with Gasteiger partial charge in [-0.05, 0) is 55.0 Å². The number of hydrogen-bond acceptors (Lipinski definition) is 6. The number of thioether (sulfide) groups is 1. The highest BCUT2D eigenvalue weighted by Crippen LogP contribution is 2.23. The number of rotatable bonds is 6. The van der Waals surface area contributed by atoms with Crippen LogP contribution in [0.1, 0.15) is 18.9 Å². The van der Waals surface area contributed by atoms with Crippen molar-refractivity contribution in [2.24, 2.45) is 10.2 Å². The maximum atomic E-state index is 12.6. The number of hydrogen-bond donors (Lipinski definition) is 2. The Kier molecular flexibility index (Phi) is 8.08. The van der Waals surface area contributed by atoms with Gasteiger partial charge in [-0.2, -0.15) is 5.10 Å². The van der Waals surface area contributed by atoms with Crippen LogP contribution in [0.4, 0.5) is 11.4 Å². The maximum absolute atomic E-state index is 12.6. The van der Waals surface area contributed by atoms with Gasteiger partial charge in [-0.3, -0.25) is 9.59 Å². The fraction of sp³-hybridized carbons (Fsp3) is 0.217. The topological polar surface area (TPSA) is 86.2 Å². The molecular weight excluding hydrogens is 446 g/mol. The zero-order chi connectivity index (χ0) is 23.1. The van der Waals surface area contributed by atoms with E-state index in [0.717, 1.165) is 11.3 Å². The summed E-state index contributed by atoms with van der Waals surface area (Å²) in [6.07, 6.45) is 3.84. The third-order valence-corrected chi connectivity index (χ3v) is 5.82. The molecule has 2 N–H and O–H groups in total. The Bertz CT molecular complexity index is 1060. The number of allylic oxidation sites excluding steroid dienone is 1. The summed E-state index contributed by atoms with van der Waals surface area (Å²) in [5.41, 5.74) is 3.44. The minimum absolute atomic E-state index is 0.0641. The summed E-state index contributed by atoms with van der Waals surface area (Å²) >= 11 is 7.04. The molecule has 0 spiro atoms. The number of halogens is 1. The van der Waals surface area contributed by atoms with Gasteiger partial charge in [0.25, 0.3) is 0 Å². The molecular formula is C23H24ClN5O2S. The lowest BCUT2D eigenvalue weighted by Gasteiger charge is -2.21. The second-order valence-electron chi connectivity index (χ2n) is 7.32. The fourth-order valence-electron chi connectivity index (χ4n) is 2.75. The van der Waals surface area contributed by atoms with Crippen molar-refractivity contribution in [3.8, 4) is 0 Å². The van der Waals surface area contributed by atoms with Crippen molar-refractivity contribution in [1.29, 1.82) is 0 Å². The normalized spacial score (nSPS) is 18.0. The zero-order valence-corrected chi connectivity index (χ0v) is 19.6. The van der Waals surface area contributed by atoms with E-state index in [1.165, 1.54) is 11.8 Å². The summed E-state index contributed by atoms with van der Waals surface area (Å²) < 4.78 is 0. The number of benzene rings is 2. The summed E-state index contributed by atoms with van der Waals surface area (Å²) in [6, 6.07) is 14.9. The minimum atomic E-state index is -0.598. The first-order valence-corrected chi connectivity index (χ1v) is 11.2. The third-order valence-electron chi connectivity index (χ3n) is 4.50. The highest BCUT2D eigenvalue weighted by Gasteiger charge is 2.30. The van der Waals surface area contributed by atoms with Crippen molar-refractivity contribution in [3.63, 3.8) is 0 Å². The number of nitrogens with one attached hydrogen (secondary N) is 2. The molecule has 0 bridgehead atoms. The average molecular weight is 470 g/mol. The predicted octanol–water partition coefficient (Wildman–Crippen LogP) is 4.41. The number of amides is 2. The van der Waals surface area contributed by atoms with Crippen LogP contribution in [0.2, 0.25) is 5.02 Å². The van der Waals surface area contributed by atoms with Crippen molar-refractivity contribution in [2.45, 2.75) is 18.6 Å². The molecule has 7 nitrogen and oxygen atoms in total. The molecule has 9 heteroatoms. The Labute approximate surface area is 196 Å². The summed E-state index contributed by atoms with van der Waals surface area (Å²) in [5, 5.41) is 14.0. The van der Waals surface area contributed by atoms with Gasteiger partial charge >= 0.3 is 0 Å². The molecule has 0 radical (unpaired) electrons. The van der Waals surface area contributed by atoms with Gasteiger partial charge in [-0.1, -0.05) is 41.6 Å². The third kappa shape index (κ3) is 6.96. The quantitative estimate of drug-likeness (QED) is 0.484. The first-order valence-electron chi connectivity index (χ1n) is 9.91. The summed E-state index contributed by atoms with van der Waals surface area (Å²) in [7, 11) is 3.99. The largest absolute Gasteiger partial charge is 0.378 e. The first-order chi connectivity index (χ1) is 15.3. The standard InChI is InChI=1S/C23H24ClN5O2S/c1-15(4-5-16-6-12-19(13-7-16)29(2)3)27-28-23-26-21(30)14-20(32-23)22(31)25-18-10-8-17(24)9-11-18/h4-13,20H,14H2,1-3H3,(H,25,31)(H,26,28,30)/b5-4+,27-15+/t20-/m0/s1. The van der Waals surface area contributed by atoms with Crippen LogP contribution in [0.5, 0.6) is 0 Å². The molecule has 1 fully saturated rings. The van der Waals surface area contributed by atoms with Crippen molar-refractivity contribution in [1.82, 2.24) is 5.32 Å². The van der Waals surface area contributed by atoms with E-state index in [4.69, 9.17) is 11.6 Å². The first kappa shape index (κ1) is 23.6. The smallest absolute Gasteiger partial charge is 0.238 e. The van der Waals surface area contributed by atoms with Crippen molar-refractivity contribution >= 4 is 63.5 Å². The van der Waals surface area contributed by atoms with Crippen LogP contribution in [0.15, 0.2) is 64.8 Å². The molecule has 2 aromatic rings. The van der Waals surface area contributed by atoms with Crippen LogP contribution in [0.3, 0.4) is 0 Å². The van der Waals surface area contributed by atoms with E-state index in [1.807, 2.05) is 62.3 Å². The van der Waals surface area contributed by atoms with Crippen molar-refractivity contribution in [2.75, 3.05) is 24.3 Å². The minimum Gasteiger partial charge on any atom is -0.378 e. The second-order valence-corrected chi connectivity index (χ2v) is 8.95. The molecule has 32 heavy (non-hydrogen) atoms. The van der Waals surface area contributed by atoms with E-state index < -0.39 is 5.25 Å². The number of carbonyl (C=O) groups is 2. The van der Waals surface area contributed by atoms with Gasteiger partial charge in [0.05, 0.1) is 5.71 Å². The summed E-state index contributed by atoms with van der Waals surface area (Å²) in [5.74, 6) is -0.551. The number of amidine groups is 1. The van der Waals surface area contributed by atoms with Crippen LogP contribution in [0.25, 0.3) is 6.08 Å². The molecule has 1 atom stereocenters. The Morgan fingerprint density at radius 1 is 1.19 bits per heavy atom. The monoisotopic (exact) mass is 469 g/mol. The van der Waals surface area contributed by atoms with Crippen LogP contribution >= 0.6 is 23.4 Å². The highest BCUT2D eigenvalue weighted by atomic mass is 35.5. The maximum Gasteiger partial charge on any atom is 0.238 e. The lowest BCUT2D eigenvalue weighted by atomic mass is 10.2. The van der Waals surface area contributed by atoms with E-state index in [2.05, 4.69) is 20.8 Å². The van der Waals surface area contributed by atoms with Gasteiger partial charge in [0, 0.05) is 36.9 Å². The molecule has 1 aliphatic heterocycles. The van der Waals surface area contributed by atoms with E-state index in [9.17, 15) is 9.59 Å². The molecule has 0 aromatic heterocycles. The number of nitrogens with zero attached hydrogens (tertiary/aromatic N) is 3. The van der Waals surface area contributed by atoms with Crippen molar-refractivity contribution in [3.05, 3.63) is 65.2 Å². The van der Waals surface area contributed by atoms with Crippen LogP contribution in [-0.4, -0.2) is 42.0 Å². The van der Waals surface area contributed by atoms with Crippen molar-refractivity contribution < 1.29 is 9.59 Å². The summed E-state index contributed by atoms with van der Waals surface area (Å²) in [4.78, 5) is 26.6. The second kappa shape index (κ2) is 11.0. The number of anilines is 2. The van der Waals surface area contributed by atoms with Gasteiger partial charge < -0.3 is 15.5 Å². The Balaban J connectivity index is 1.62. The molecule has 2 amide bonds. The molecule has 166 valence electrons. The number of carbonyl (C=O) groups excluding carboxylic acids is 2. The summed E-state index contributed by atoms with van der Waals surface area (Å²) in [6.45, 7) is 1.81. The van der Waals surface area contributed by atoms with E-state index in [1.54, 1.807) is 24.3 Å². The Morgan fingerprint density at radius 2 is 1.88 bits per heavy atom. The molecule has 2 aromatic carbocycles.